The molecular formula is C24H31N5O3. The van der Waals surface area contributed by atoms with Crippen molar-refractivity contribution in [3.63, 3.8) is 0 Å². The van der Waals surface area contributed by atoms with Crippen molar-refractivity contribution in [2.24, 2.45) is 15.9 Å². The van der Waals surface area contributed by atoms with E-state index in [-0.39, 0.29) is 12.6 Å². The summed E-state index contributed by atoms with van der Waals surface area (Å²) in [5.74, 6) is 7.61. The maximum absolute atomic E-state index is 9.35. The van der Waals surface area contributed by atoms with E-state index < -0.39 is 0 Å². The third-order valence-corrected chi connectivity index (χ3v) is 5.17. The third kappa shape index (κ3) is 6.09. The predicted molar refractivity (Wildman–Crippen MR) is 126 cm³/mol. The molecule has 2 aromatic carbocycles. The Hall–Kier alpha value is -3.36. The van der Waals surface area contributed by atoms with E-state index in [2.05, 4.69) is 16.0 Å². The molecule has 2 aromatic rings. The Labute approximate surface area is 188 Å². The summed E-state index contributed by atoms with van der Waals surface area (Å²) in [6.07, 6.45) is 1.30. The largest absolute Gasteiger partial charge is 0.497 e. The van der Waals surface area contributed by atoms with Crippen molar-refractivity contribution in [3.8, 4) is 5.75 Å². The normalized spacial score (nSPS) is 16.1. The lowest BCUT2D eigenvalue weighted by atomic mass is 10.0. The Kier molecular flexibility index (Phi) is 8.65. The van der Waals surface area contributed by atoms with Crippen molar-refractivity contribution in [1.29, 1.82) is 0 Å². The van der Waals surface area contributed by atoms with Gasteiger partial charge in [-0.2, -0.15) is 0 Å². The van der Waals surface area contributed by atoms with Crippen molar-refractivity contribution in [1.82, 2.24) is 10.9 Å². The molecule has 0 fully saturated rings. The van der Waals surface area contributed by atoms with E-state index in [1.165, 1.54) is 0 Å². The van der Waals surface area contributed by atoms with Gasteiger partial charge in [-0.05, 0) is 43.0 Å². The van der Waals surface area contributed by atoms with Gasteiger partial charge in [-0.3, -0.25) is 4.99 Å². The molecule has 8 heteroatoms. The first-order valence-electron chi connectivity index (χ1n) is 10.6. The molecule has 1 atom stereocenters. The number of hydrazine groups is 1. The van der Waals surface area contributed by atoms with E-state index in [9.17, 15) is 5.11 Å². The number of hydrogen-bond acceptors (Lipinski definition) is 7. The van der Waals surface area contributed by atoms with Crippen LogP contribution >= 0.6 is 0 Å². The molecule has 0 amide bonds. The quantitative estimate of drug-likeness (QED) is 0.186. The van der Waals surface area contributed by atoms with Gasteiger partial charge in [0.25, 0.3) is 0 Å². The minimum atomic E-state index is -0.177. The van der Waals surface area contributed by atoms with Gasteiger partial charge in [-0.25, -0.2) is 11.4 Å². The molecule has 0 radical (unpaired) electrons. The zero-order chi connectivity index (χ0) is 22.8. The van der Waals surface area contributed by atoms with Gasteiger partial charge in [0.15, 0.2) is 5.84 Å². The van der Waals surface area contributed by atoms with E-state index in [4.69, 9.17) is 20.3 Å². The second kappa shape index (κ2) is 11.9. The van der Waals surface area contributed by atoms with Gasteiger partial charge in [0.2, 0.25) is 0 Å². The Morgan fingerprint density at radius 1 is 1.12 bits per heavy atom. The van der Waals surface area contributed by atoms with Gasteiger partial charge in [-0.1, -0.05) is 42.5 Å². The fourth-order valence-corrected chi connectivity index (χ4v) is 3.56. The molecule has 0 saturated heterocycles. The number of aliphatic imine (C=N–C) groups is 1. The first-order chi connectivity index (χ1) is 15.7. The third-order valence-electron chi connectivity index (χ3n) is 5.17. The van der Waals surface area contributed by atoms with Crippen LogP contribution in [0.5, 0.6) is 5.75 Å². The molecule has 0 bridgehead atoms. The summed E-state index contributed by atoms with van der Waals surface area (Å²) in [4.78, 5) is 4.78. The molecule has 0 aromatic heterocycles. The number of rotatable bonds is 11. The molecule has 1 heterocycles. The first-order valence-corrected chi connectivity index (χ1v) is 10.6. The Morgan fingerprint density at radius 2 is 1.88 bits per heavy atom. The molecule has 0 spiro atoms. The molecule has 8 nitrogen and oxygen atoms in total. The number of methoxy groups -OCH3 is 1. The number of nitrogens with one attached hydrogen (secondary N) is 2. The molecular weight excluding hydrogens is 406 g/mol. The van der Waals surface area contributed by atoms with Crippen molar-refractivity contribution < 1.29 is 14.6 Å². The minimum Gasteiger partial charge on any atom is -0.497 e. The van der Waals surface area contributed by atoms with Crippen molar-refractivity contribution >= 4 is 11.5 Å². The van der Waals surface area contributed by atoms with Gasteiger partial charge < -0.3 is 19.9 Å². The number of amidine groups is 1. The van der Waals surface area contributed by atoms with Gasteiger partial charge in [0.05, 0.1) is 24.4 Å². The molecule has 5 N–H and O–H groups in total. The molecule has 170 valence electrons. The number of aliphatic hydroxyl groups is 1. The van der Waals surface area contributed by atoms with Gasteiger partial charge in [0.1, 0.15) is 18.1 Å². The molecule has 0 saturated carbocycles. The summed E-state index contributed by atoms with van der Waals surface area (Å²) >= 11 is 0. The average Bonchev–Trinajstić information content (AvgIpc) is 3.14. The Balaban J connectivity index is 1.84. The summed E-state index contributed by atoms with van der Waals surface area (Å²) in [6.45, 7) is 2.97. The SMILES string of the molecule is COc1ccc(CN/C(=N\NN)C2=C(OCc3ccccc3)C(C)=NC2CCCO)cc1. The van der Waals surface area contributed by atoms with Gasteiger partial charge in [0, 0.05) is 13.2 Å². The zero-order valence-electron chi connectivity index (χ0n) is 18.5. The Morgan fingerprint density at radius 3 is 2.53 bits per heavy atom. The maximum Gasteiger partial charge on any atom is 0.156 e. The number of ether oxygens (including phenoxy) is 2. The van der Waals surface area contributed by atoms with Crippen molar-refractivity contribution in [3.05, 3.63) is 77.1 Å². The number of hydrogen-bond donors (Lipinski definition) is 4. The highest BCUT2D eigenvalue weighted by Gasteiger charge is 2.31. The molecule has 0 aliphatic carbocycles. The lowest BCUT2D eigenvalue weighted by Gasteiger charge is -2.18. The smallest absolute Gasteiger partial charge is 0.156 e. The minimum absolute atomic E-state index is 0.0967. The van der Waals surface area contributed by atoms with Crippen molar-refractivity contribution in [2.45, 2.75) is 39.0 Å². The highest BCUT2D eigenvalue weighted by atomic mass is 16.5. The van der Waals surface area contributed by atoms with Gasteiger partial charge in [-0.15, -0.1) is 5.10 Å². The summed E-state index contributed by atoms with van der Waals surface area (Å²) in [5.41, 5.74) is 6.16. The number of nitrogens with zero attached hydrogens (tertiary/aromatic N) is 2. The first kappa shape index (κ1) is 23.3. The highest BCUT2D eigenvalue weighted by Crippen LogP contribution is 2.28. The van der Waals surface area contributed by atoms with E-state index in [0.29, 0.717) is 37.6 Å². The number of aliphatic hydroxyl groups excluding tert-OH is 1. The predicted octanol–water partition coefficient (Wildman–Crippen LogP) is 2.65. The number of benzene rings is 2. The van der Waals surface area contributed by atoms with E-state index in [1.54, 1.807) is 7.11 Å². The molecule has 1 aliphatic rings. The average molecular weight is 438 g/mol. The van der Waals surface area contributed by atoms with Crippen LogP contribution in [0, 0.1) is 0 Å². The second-order valence-corrected chi connectivity index (χ2v) is 7.40. The van der Waals surface area contributed by atoms with Crippen LogP contribution in [0.3, 0.4) is 0 Å². The maximum atomic E-state index is 9.35. The van der Waals surface area contributed by atoms with Crippen LogP contribution < -0.4 is 21.4 Å². The summed E-state index contributed by atoms with van der Waals surface area (Å²) < 4.78 is 11.4. The van der Waals surface area contributed by atoms with E-state index >= 15 is 0 Å². The van der Waals surface area contributed by atoms with E-state index in [0.717, 1.165) is 28.2 Å². The molecule has 1 unspecified atom stereocenters. The highest BCUT2D eigenvalue weighted by molar-refractivity contribution is 6.11. The lowest BCUT2D eigenvalue weighted by molar-refractivity contribution is 0.216. The summed E-state index contributed by atoms with van der Waals surface area (Å²) in [6, 6.07) is 17.6. The number of hydrazone groups is 1. The van der Waals surface area contributed by atoms with Crippen molar-refractivity contribution in [2.75, 3.05) is 13.7 Å². The standard InChI is InChI=1S/C24H31N5O3/c1-17-23(32-16-19-7-4-3-5-8-19)22(21(27-17)9-6-14-30)24(28-29-25)26-15-18-10-12-20(31-2)13-11-18/h3-5,7-8,10-13,21,29-30H,6,9,14-16,25H2,1-2H3,(H,26,28). The van der Waals surface area contributed by atoms with Crippen LogP contribution in [0.4, 0.5) is 0 Å². The molecule has 32 heavy (non-hydrogen) atoms. The van der Waals surface area contributed by atoms with Gasteiger partial charge >= 0.3 is 0 Å². The fraction of sp³-hybridized carbons (Fsp3) is 0.333. The zero-order valence-corrected chi connectivity index (χ0v) is 18.5. The summed E-state index contributed by atoms with van der Waals surface area (Å²) in [7, 11) is 1.64. The van der Waals surface area contributed by atoms with Crippen LogP contribution in [0.15, 0.2) is 76.0 Å². The summed E-state index contributed by atoms with van der Waals surface area (Å²) in [5, 5.41) is 17.0. The van der Waals surface area contributed by atoms with E-state index in [1.807, 2.05) is 61.5 Å². The van der Waals surface area contributed by atoms with Crippen LogP contribution in [-0.2, 0) is 17.9 Å². The van der Waals surface area contributed by atoms with Crippen LogP contribution in [0.1, 0.15) is 30.9 Å². The Bertz CT molecular complexity index is 955. The molecule has 3 rings (SSSR count). The monoisotopic (exact) mass is 437 g/mol. The topological polar surface area (TPSA) is 113 Å². The fourth-order valence-electron chi connectivity index (χ4n) is 3.56. The van der Waals surface area contributed by atoms with Crippen LogP contribution in [0.2, 0.25) is 0 Å². The second-order valence-electron chi connectivity index (χ2n) is 7.40. The number of allylic oxidation sites excluding steroid dienone is 1. The lowest BCUT2D eigenvalue weighted by Crippen LogP contribution is -2.33. The molecule has 1 aliphatic heterocycles. The number of nitrogens with two attached hydrogens (primary N) is 1. The van der Waals surface area contributed by atoms with Crippen LogP contribution in [0.25, 0.3) is 0 Å². The van der Waals surface area contributed by atoms with Crippen LogP contribution in [-0.4, -0.2) is 36.4 Å².